The number of nitrogens with zero attached hydrogens (tertiary/aromatic N) is 2. The van der Waals surface area contributed by atoms with Gasteiger partial charge in [-0.25, -0.2) is 9.59 Å². The van der Waals surface area contributed by atoms with Gasteiger partial charge in [-0.15, -0.1) is 0 Å². The fraction of sp³-hybridized carbons (Fsp3) is 0.471. The molecule has 0 N–H and O–H groups in total. The summed E-state index contributed by atoms with van der Waals surface area (Å²) in [6, 6.07) is 8.89. The van der Waals surface area contributed by atoms with Crippen LogP contribution in [0, 0.1) is 17.2 Å². The van der Waals surface area contributed by atoms with Crippen LogP contribution in [0.1, 0.15) is 36.0 Å². The van der Waals surface area contributed by atoms with E-state index in [1.165, 1.54) is 4.90 Å². The highest BCUT2D eigenvalue weighted by Crippen LogP contribution is 2.27. The average Bonchev–Trinajstić information content (AvgIpc) is 3.01. The topological polar surface area (TPSA) is 79.6 Å². The number of hydrogen-bond acceptors (Lipinski definition) is 5. The van der Waals surface area contributed by atoms with Crippen LogP contribution in [0.3, 0.4) is 0 Å². The van der Waals surface area contributed by atoms with Crippen molar-refractivity contribution in [3.63, 3.8) is 0 Å². The molecular formula is C17H18N2O4. The van der Waals surface area contributed by atoms with E-state index in [0.717, 1.165) is 25.7 Å². The number of nitriles is 1. The first-order chi connectivity index (χ1) is 11.2. The Bertz CT molecular complexity index is 635. The second-order valence-corrected chi connectivity index (χ2v) is 5.78. The summed E-state index contributed by atoms with van der Waals surface area (Å²) < 4.78 is 10.4. The minimum atomic E-state index is -0.423. The molecule has 1 aromatic carbocycles. The quantitative estimate of drug-likeness (QED) is 0.801. The smallest absolute Gasteiger partial charge is 0.414 e. The van der Waals surface area contributed by atoms with Gasteiger partial charge in [0.05, 0.1) is 24.1 Å². The molecule has 2 aliphatic rings. The first-order valence-electron chi connectivity index (χ1n) is 7.84. The Kier molecular flexibility index (Phi) is 4.47. The SMILES string of the molecule is N#C[C@H]1CCCC[C@@H]1OC(=O)c1ccc(N2CCOC2=O)cc1. The molecule has 1 amide bonds. The normalized spacial score (nSPS) is 24.0. The molecular weight excluding hydrogens is 296 g/mol. The first-order valence-corrected chi connectivity index (χ1v) is 7.84. The van der Waals surface area contributed by atoms with Gasteiger partial charge in [0.1, 0.15) is 12.7 Å². The molecule has 0 unspecified atom stereocenters. The van der Waals surface area contributed by atoms with Crippen LogP contribution in [0.2, 0.25) is 0 Å². The van der Waals surface area contributed by atoms with Gasteiger partial charge in [-0.05, 0) is 43.5 Å². The summed E-state index contributed by atoms with van der Waals surface area (Å²) in [7, 11) is 0. The predicted molar refractivity (Wildman–Crippen MR) is 81.9 cm³/mol. The minimum Gasteiger partial charge on any atom is -0.457 e. The fourth-order valence-corrected chi connectivity index (χ4v) is 3.00. The highest BCUT2D eigenvalue weighted by molar-refractivity contribution is 5.92. The van der Waals surface area contributed by atoms with Gasteiger partial charge < -0.3 is 9.47 Å². The molecule has 0 aromatic heterocycles. The van der Waals surface area contributed by atoms with Gasteiger partial charge in [0.2, 0.25) is 0 Å². The molecule has 1 aliphatic heterocycles. The molecule has 0 bridgehead atoms. The number of ether oxygens (including phenoxy) is 2. The van der Waals surface area contributed by atoms with Crippen molar-refractivity contribution in [3.8, 4) is 6.07 Å². The van der Waals surface area contributed by atoms with Crippen molar-refractivity contribution in [1.82, 2.24) is 0 Å². The molecule has 23 heavy (non-hydrogen) atoms. The Morgan fingerprint density at radius 2 is 2.00 bits per heavy atom. The fourth-order valence-electron chi connectivity index (χ4n) is 3.00. The van der Waals surface area contributed by atoms with Crippen molar-refractivity contribution in [3.05, 3.63) is 29.8 Å². The lowest BCUT2D eigenvalue weighted by molar-refractivity contribution is 0.0107. The summed E-state index contributed by atoms with van der Waals surface area (Å²) >= 11 is 0. The van der Waals surface area contributed by atoms with Gasteiger partial charge in [0.15, 0.2) is 0 Å². The van der Waals surface area contributed by atoms with Crippen LogP contribution >= 0.6 is 0 Å². The number of anilines is 1. The van der Waals surface area contributed by atoms with Gasteiger partial charge in [0.25, 0.3) is 0 Å². The summed E-state index contributed by atoms with van der Waals surface area (Å²) in [6.07, 6.45) is 2.81. The van der Waals surface area contributed by atoms with E-state index in [-0.39, 0.29) is 18.1 Å². The van der Waals surface area contributed by atoms with Gasteiger partial charge in [-0.1, -0.05) is 6.42 Å². The summed E-state index contributed by atoms with van der Waals surface area (Å²) in [5.74, 6) is -0.640. The van der Waals surface area contributed by atoms with Crippen molar-refractivity contribution < 1.29 is 19.1 Å². The molecule has 1 saturated heterocycles. The lowest BCUT2D eigenvalue weighted by Crippen LogP contribution is -2.29. The van der Waals surface area contributed by atoms with E-state index >= 15 is 0 Å². The second kappa shape index (κ2) is 6.69. The minimum absolute atomic E-state index is 0.216. The van der Waals surface area contributed by atoms with E-state index < -0.39 is 5.97 Å². The van der Waals surface area contributed by atoms with Crippen LogP contribution in [-0.2, 0) is 9.47 Å². The standard InChI is InChI=1S/C17H18N2O4/c18-11-13-3-1-2-4-15(13)23-16(20)12-5-7-14(8-6-12)19-9-10-22-17(19)21/h5-8,13,15H,1-4,9-10H2/t13-,15+/m1/s1. The van der Waals surface area contributed by atoms with Crippen molar-refractivity contribution >= 4 is 17.7 Å². The molecule has 1 heterocycles. The van der Waals surface area contributed by atoms with Crippen molar-refractivity contribution in [2.75, 3.05) is 18.1 Å². The zero-order chi connectivity index (χ0) is 16.2. The number of rotatable bonds is 3. The predicted octanol–water partition coefficient (Wildman–Crippen LogP) is 2.88. The van der Waals surface area contributed by atoms with Crippen LogP contribution in [0.4, 0.5) is 10.5 Å². The Labute approximate surface area is 134 Å². The van der Waals surface area contributed by atoms with E-state index in [1.54, 1.807) is 24.3 Å². The van der Waals surface area contributed by atoms with Crippen LogP contribution in [0.15, 0.2) is 24.3 Å². The average molecular weight is 314 g/mol. The molecule has 1 aromatic rings. The molecule has 1 aliphatic carbocycles. The second-order valence-electron chi connectivity index (χ2n) is 5.78. The highest BCUT2D eigenvalue weighted by atomic mass is 16.6. The molecule has 2 fully saturated rings. The van der Waals surface area contributed by atoms with Crippen molar-refractivity contribution in [1.29, 1.82) is 5.26 Å². The van der Waals surface area contributed by atoms with Gasteiger partial charge in [-0.3, -0.25) is 4.90 Å². The van der Waals surface area contributed by atoms with Crippen LogP contribution in [0.25, 0.3) is 0 Å². The number of amides is 1. The van der Waals surface area contributed by atoms with Crippen LogP contribution in [0.5, 0.6) is 0 Å². The number of benzene rings is 1. The largest absolute Gasteiger partial charge is 0.457 e. The molecule has 0 radical (unpaired) electrons. The maximum atomic E-state index is 12.2. The monoisotopic (exact) mass is 314 g/mol. The number of hydrogen-bond donors (Lipinski definition) is 0. The van der Waals surface area contributed by atoms with E-state index in [4.69, 9.17) is 14.7 Å². The van der Waals surface area contributed by atoms with Gasteiger partial charge in [-0.2, -0.15) is 5.26 Å². The number of carbonyl (C=O) groups is 2. The first kappa shape index (κ1) is 15.3. The van der Waals surface area contributed by atoms with E-state index in [9.17, 15) is 9.59 Å². The molecule has 6 nitrogen and oxygen atoms in total. The Hall–Kier alpha value is -2.55. The third kappa shape index (κ3) is 3.29. The molecule has 3 rings (SSSR count). The third-order valence-corrected chi connectivity index (χ3v) is 4.30. The lowest BCUT2D eigenvalue weighted by atomic mass is 9.87. The van der Waals surface area contributed by atoms with Gasteiger partial charge >= 0.3 is 12.1 Å². The zero-order valence-electron chi connectivity index (χ0n) is 12.7. The molecule has 0 spiro atoms. The molecule has 2 atom stereocenters. The Balaban J connectivity index is 1.66. The van der Waals surface area contributed by atoms with E-state index in [1.807, 2.05) is 0 Å². The molecule has 120 valence electrons. The summed E-state index contributed by atoms with van der Waals surface area (Å²) in [5, 5.41) is 9.14. The molecule has 6 heteroatoms. The molecule has 1 saturated carbocycles. The number of cyclic esters (lactones) is 1. The van der Waals surface area contributed by atoms with Crippen LogP contribution in [-0.4, -0.2) is 31.3 Å². The van der Waals surface area contributed by atoms with Crippen molar-refractivity contribution in [2.24, 2.45) is 5.92 Å². The summed E-state index contributed by atoms with van der Waals surface area (Å²) in [5.41, 5.74) is 1.11. The van der Waals surface area contributed by atoms with Gasteiger partial charge in [0, 0.05) is 5.69 Å². The third-order valence-electron chi connectivity index (χ3n) is 4.30. The Morgan fingerprint density at radius 3 is 2.65 bits per heavy atom. The summed E-state index contributed by atoms with van der Waals surface area (Å²) in [6.45, 7) is 0.883. The maximum Gasteiger partial charge on any atom is 0.414 e. The van der Waals surface area contributed by atoms with Crippen LogP contribution < -0.4 is 4.90 Å². The Morgan fingerprint density at radius 1 is 1.26 bits per heavy atom. The zero-order valence-corrected chi connectivity index (χ0v) is 12.7. The van der Waals surface area contributed by atoms with E-state index in [2.05, 4.69) is 6.07 Å². The van der Waals surface area contributed by atoms with Crippen molar-refractivity contribution in [2.45, 2.75) is 31.8 Å². The maximum absolute atomic E-state index is 12.2. The lowest BCUT2D eigenvalue weighted by Gasteiger charge is -2.26. The highest BCUT2D eigenvalue weighted by Gasteiger charge is 2.29. The number of carbonyl (C=O) groups excluding carboxylic acids is 2. The van der Waals surface area contributed by atoms with E-state index in [0.29, 0.717) is 24.4 Å². The number of esters is 1. The summed E-state index contributed by atoms with van der Waals surface area (Å²) in [4.78, 5) is 25.3.